The smallest absolute Gasteiger partial charge is 0.136 e. The van der Waals surface area contributed by atoms with E-state index < -0.39 is 0 Å². The van der Waals surface area contributed by atoms with Gasteiger partial charge in [0.1, 0.15) is 17.5 Å². The van der Waals surface area contributed by atoms with Gasteiger partial charge in [0.05, 0.1) is 0 Å². The fourth-order valence-electron chi connectivity index (χ4n) is 2.82. The van der Waals surface area contributed by atoms with Gasteiger partial charge in [-0.25, -0.2) is 9.97 Å². The van der Waals surface area contributed by atoms with E-state index in [1.165, 1.54) is 38.5 Å². The second kappa shape index (κ2) is 5.57. The highest BCUT2D eigenvalue weighted by molar-refractivity contribution is 7.99. The molecule has 0 saturated heterocycles. The molecule has 0 spiro atoms. The summed E-state index contributed by atoms with van der Waals surface area (Å²) in [5.41, 5.74) is 5.90. The normalized spacial score (nSPS) is 27.2. The Labute approximate surface area is 119 Å². The molecule has 1 aromatic heterocycles. The zero-order valence-corrected chi connectivity index (χ0v) is 12.2. The summed E-state index contributed by atoms with van der Waals surface area (Å²) in [6, 6.07) is 2.39. The second-order valence-electron chi connectivity index (χ2n) is 5.62. The van der Waals surface area contributed by atoms with Crippen molar-refractivity contribution in [3.8, 4) is 0 Å². The molecule has 19 heavy (non-hydrogen) atoms. The van der Waals surface area contributed by atoms with Gasteiger partial charge in [-0.1, -0.05) is 12.8 Å². The van der Waals surface area contributed by atoms with Crippen LogP contribution in [0.4, 0.5) is 11.6 Å². The molecule has 3 N–H and O–H groups in total. The predicted molar refractivity (Wildman–Crippen MR) is 81.6 cm³/mol. The first kappa shape index (κ1) is 13.0. The Morgan fingerprint density at radius 2 is 2.00 bits per heavy atom. The van der Waals surface area contributed by atoms with Crippen LogP contribution >= 0.6 is 11.8 Å². The Balaban J connectivity index is 1.74. The van der Waals surface area contributed by atoms with Gasteiger partial charge in [0.25, 0.3) is 0 Å². The van der Waals surface area contributed by atoms with Crippen molar-refractivity contribution in [3.05, 3.63) is 11.9 Å². The molecule has 0 aliphatic heterocycles. The number of hydrogen-bond acceptors (Lipinski definition) is 5. The zero-order valence-electron chi connectivity index (χ0n) is 11.4. The van der Waals surface area contributed by atoms with Crippen LogP contribution in [0.15, 0.2) is 6.07 Å². The summed E-state index contributed by atoms with van der Waals surface area (Å²) in [4.78, 5) is 9.00. The highest BCUT2D eigenvalue weighted by atomic mass is 32.2. The number of aromatic nitrogens is 2. The lowest BCUT2D eigenvalue weighted by atomic mass is 9.95. The van der Waals surface area contributed by atoms with E-state index in [4.69, 9.17) is 5.73 Å². The zero-order chi connectivity index (χ0) is 13.2. The van der Waals surface area contributed by atoms with Crippen LogP contribution in [0.25, 0.3) is 0 Å². The molecule has 0 amide bonds. The van der Waals surface area contributed by atoms with Gasteiger partial charge in [-0.15, -0.1) is 0 Å². The minimum absolute atomic E-state index is 0.519. The van der Waals surface area contributed by atoms with Gasteiger partial charge in [-0.2, -0.15) is 11.8 Å². The average molecular weight is 278 g/mol. The third-order valence-electron chi connectivity index (χ3n) is 4.04. The van der Waals surface area contributed by atoms with Crippen molar-refractivity contribution < 1.29 is 0 Å². The van der Waals surface area contributed by atoms with Crippen molar-refractivity contribution in [2.24, 2.45) is 0 Å². The molecule has 104 valence electrons. The lowest BCUT2D eigenvalue weighted by Gasteiger charge is -2.31. The molecule has 2 aliphatic carbocycles. The SMILES string of the molecule is CSC1CCCCC1Nc1cc(N)nc(C2CC2)n1. The topological polar surface area (TPSA) is 63.8 Å². The molecule has 0 aromatic carbocycles. The fraction of sp³-hybridized carbons (Fsp3) is 0.714. The number of thioether (sulfide) groups is 1. The van der Waals surface area contributed by atoms with Crippen molar-refractivity contribution in [2.45, 2.75) is 55.7 Å². The monoisotopic (exact) mass is 278 g/mol. The van der Waals surface area contributed by atoms with Crippen LogP contribution < -0.4 is 11.1 Å². The Morgan fingerprint density at radius 1 is 1.21 bits per heavy atom. The molecule has 2 aliphatic rings. The van der Waals surface area contributed by atoms with Gasteiger partial charge in [-0.05, 0) is 31.9 Å². The van der Waals surface area contributed by atoms with E-state index in [-0.39, 0.29) is 0 Å². The minimum atomic E-state index is 0.519. The lowest BCUT2D eigenvalue weighted by molar-refractivity contribution is 0.474. The van der Waals surface area contributed by atoms with Crippen molar-refractivity contribution >= 4 is 23.4 Å². The molecule has 2 atom stereocenters. The molecule has 0 radical (unpaired) electrons. The average Bonchev–Trinajstić information content (AvgIpc) is 3.23. The van der Waals surface area contributed by atoms with Gasteiger partial charge in [0.15, 0.2) is 0 Å². The number of rotatable bonds is 4. The first-order chi connectivity index (χ1) is 9.26. The Morgan fingerprint density at radius 3 is 2.74 bits per heavy atom. The third kappa shape index (κ3) is 3.14. The van der Waals surface area contributed by atoms with E-state index in [0.717, 1.165) is 11.6 Å². The van der Waals surface area contributed by atoms with Crippen LogP contribution in [0.2, 0.25) is 0 Å². The summed E-state index contributed by atoms with van der Waals surface area (Å²) < 4.78 is 0. The molecule has 5 heteroatoms. The van der Waals surface area contributed by atoms with Crippen LogP contribution in [-0.4, -0.2) is 27.5 Å². The summed E-state index contributed by atoms with van der Waals surface area (Å²) in [6.07, 6.45) is 9.81. The van der Waals surface area contributed by atoms with Crippen LogP contribution in [-0.2, 0) is 0 Å². The molecule has 4 nitrogen and oxygen atoms in total. The molecule has 2 fully saturated rings. The first-order valence-corrected chi connectivity index (χ1v) is 8.49. The van der Waals surface area contributed by atoms with E-state index in [1.54, 1.807) is 0 Å². The molecule has 0 bridgehead atoms. The minimum Gasteiger partial charge on any atom is -0.384 e. The molecule has 1 heterocycles. The van der Waals surface area contributed by atoms with Gasteiger partial charge < -0.3 is 11.1 Å². The lowest BCUT2D eigenvalue weighted by Crippen LogP contribution is -2.34. The molecular weight excluding hydrogens is 256 g/mol. The second-order valence-corrected chi connectivity index (χ2v) is 6.70. The highest BCUT2D eigenvalue weighted by Crippen LogP contribution is 2.39. The highest BCUT2D eigenvalue weighted by Gasteiger charge is 2.28. The van der Waals surface area contributed by atoms with E-state index in [2.05, 4.69) is 21.5 Å². The number of nitrogens with two attached hydrogens (primary N) is 1. The molecule has 2 unspecified atom stereocenters. The van der Waals surface area contributed by atoms with Gasteiger partial charge in [-0.3, -0.25) is 0 Å². The van der Waals surface area contributed by atoms with Gasteiger partial charge in [0.2, 0.25) is 0 Å². The molecular formula is C14H22N4S. The number of nitrogens with one attached hydrogen (secondary N) is 1. The van der Waals surface area contributed by atoms with Crippen LogP contribution in [0.1, 0.15) is 50.3 Å². The van der Waals surface area contributed by atoms with Crippen molar-refractivity contribution in [1.82, 2.24) is 9.97 Å². The maximum Gasteiger partial charge on any atom is 0.136 e. The third-order valence-corrected chi connectivity index (χ3v) is 5.21. The molecule has 1 aromatic rings. The molecule has 3 rings (SSSR count). The Hall–Kier alpha value is -0.970. The molecule has 2 saturated carbocycles. The van der Waals surface area contributed by atoms with E-state index >= 15 is 0 Å². The van der Waals surface area contributed by atoms with Crippen molar-refractivity contribution in [2.75, 3.05) is 17.3 Å². The van der Waals surface area contributed by atoms with Crippen molar-refractivity contribution in [1.29, 1.82) is 0 Å². The number of anilines is 2. The van der Waals surface area contributed by atoms with Crippen LogP contribution in [0.5, 0.6) is 0 Å². The quantitative estimate of drug-likeness (QED) is 0.886. The summed E-state index contributed by atoms with van der Waals surface area (Å²) >= 11 is 1.96. The summed E-state index contributed by atoms with van der Waals surface area (Å²) in [7, 11) is 0. The van der Waals surface area contributed by atoms with E-state index in [1.807, 2.05) is 17.8 Å². The Bertz CT molecular complexity index is 447. The first-order valence-electron chi connectivity index (χ1n) is 7.20. The summed E-state index contributed by atoms with van der Waals surface area (Å²) in [6.45, 7) is 0. The van der Waals surface area contributed by atoms with Crippen LogP contribution in [0, 0.1) is 0 Å². The standard InChI is InChI=1S/C14H22N4S/c1-19-11-5-3-2-4-10(11)16-13-8-12(15)17-14(18-13)9-6-7-9/h8-11H,2-7H2,1H3,(H3,15,16,17,18). The summed E-state index contributed by atoms with van der Waals surface area (Å²) in [5.74, 6) is 2.99. The van der Waals surface area contributed by atoms with E-state index in [9.17, 15) is 0 Å². The Kier molecular flexibility index (Phi) is 3.82. The van der Waals surface area contributed by atoms with Gasteiger partial charge >= 0.3 is 0 Å². The number of nitrogen functional groups attached to an aromatic ring is 1. The van der Waals surface area contributed by atoms with Crippen LogP contribution in [0.3, 0.4) is 0 Å². The summed E-state index contributed by atoms with van der Waals surface area (Å²) in [5, 5.41) is 4.28. The number of nitrogens with zero attached hydrogens (tertiary/aromatic N) is 2. The number of hydrogen-bond donors (Lipinski definition) is 2. The predicted octanol–water partition coefficient (Wildman–Crippen LogP) is 3.02. The maximum atomic E-state index is 5.90. The largest absolute Gasteiger partial charge is 0.384 e. The fourth-order valence-corrected chi connectivity index (χ4v) is 3.75. The van der Waals surface area contributed by atoms with Crippen molar-refractivity contribution in [3.63, 3.8) is 0 Å². The van der Waals surface area contributed by atoms with E-state index in [0.29, 0.717) is 23.0 Å². The maximum absolute atomic E-state index is 5.90. The van der Waals surface area contributed by atoms with Gasteiger partial charge in [0, 0.05) is 23.3 Å².